The molecule has 0 unspecified atom stereocenters. The van der Waals surface area contributed by atoms with Crippen LogP contribution in [0.3, 0.4) is 0 Å². The van der Waals surface area contributed by atoms with Gasteiger partial charge in [0.1, 0.15) is 6.54 Å². The number of benzene rings is 2. The average molecular weight is 348 g/mol. The van der Waals surface area contributed by atoms with Gasteiger partial charge in [0.05, 0.1) is 11.9 Å². The van der Waals surface area contributed by atoms with E-state index in [2.05, 4.69) is 15.4 Å². The van der Waals surface area contributed by atoms with Crippen LogP contribution < -0.4 is 11.0 Å². The Balaban J connectivity index is 1.77. The summed E-state index contributed by atoms with van der Waals surface area (Å²) in [5, 5.41) is 6.97. The summed E-state index contributed by atoms with van der Waals surface area (Å²) >= 11 is 0. The molecule has 0 aliphatic rings. The number of rotatable bonds is 5. The number of aryl methyl sites for hydroxylation is 2. The van der Waals surface area contributed by atoms with Crippen LogP contribution in [0.15, 0.2) is 59.5 Å². The fourth-order valence-electron chi connectivity index (χ4n) is 2.74. The SMILES string of the molecule is CCc1cccc(C)c1NC(=O)Cn1ncc(-c2ccccc2)nc1=O. The maximum absolute atomic E-state index is 12.4. The summed E-state index contributed by atoms with van der Waals surface area (Å²) < 4.78 is 1.06. The Hall–Kier alpha value is -3.28. The van der Waals surface area contributed by atoms with E-state index < -0.39 is 5.69 Å². The topological polar surface area (TPSA) is 76.9 Å². The van der Waals surface area contributed by atoms with Crippen LogP contribution in [0.5, 0.6) is 0 Å². The highest BCUT2D eigenvalue weighted by atomic mass is 16.2. The summed E-state index contributed by atoms with van der Waals surface area (Å²) in [5.41, 5.74) is 3.57. The molecular weight excluding hydrogens is 328 g/mol. The van der Waals surface area contributed by atoms with Crippen molar-refractivity contribution in [2.75, 3.05) is 5.32 Å². The van der Waals surface area contributed by atoms with Gasteiger partial charge in [0.2, 0.25) is 5.91 Å². The van der Waals surface area contributed by atoms with E-state index in [-0.39, 0.29) is 12.5 Å². The highest BCUT2D eigenvalue weighted by molar-refractivity contribution is 5.92. The second kappa shape index (κ2) is 7.74. The lowest BCUT2D eigenvalue weighted by Crippen LogP contribution is -2.31. The van der Waals surface area contributed by atoms with Gasteiger partial charge in [-0.2, -0.15) is 10.1 Å². The predicted octanol–water partition coefficient (Wildman–Crippen LogP) is 2.81. The second-order valence-corrected chi connectivity index (χ2v) is 5.96. The van der Waals surface area contributed by atoms with Gasteiger partial charge in [-0.3, -0.25) is 4.79 Å². The molecular formula is C20H20N4O2. The van der Waals surface area contributed by atoms with Crippen molar-refractivity contribution in [2.45, 2.75) is 26.8 Å². The molecule has 6 heteroatoms. The minimum absolute atomic E-state index is 0.182. The van der Waals surface area contributed by atoms with Crippen LogP contribution in [-0.2, 0) is 17.8 Å². The van der Waals surface area contributed by atoms with Crippen molar-refractivity contribution >= 4 is 11.6 Å². The van der Waals surface area contributed by atoms with Crippen molar-refractivity contribution in [2.24, 2.45) is 0 Å². The molecule has 0 atom stereocenters. The lowest BCUT2D eigenvalue weighted by molar-refractivity contribution is -0.117. The summed E-state index contributed by atoms with van der Waals surface area (Å²) in [7, 11) is 0. The van der Waals surface area contributed by atoms with Crippen molar-refractivity contribution in [3.8, 4) is 11.3 Å². The van der Waals surface area contributed by atoms with Crippen molar-refractivity contribution < 1.29 is 4.79 Å². The van der Waals surface area contributed by atoms with E-state index >= 15 is 0 Å². The molecule has 1 aromatic heterocycles. The van der Waals surface area contributed by atoms with Gasteiger partial charge in [0.25, 0.3) is 0 Å². The highest BCUT2D eigenvalue weighted by Crippen LogP contribution is 2.21. The molecule has 0 fully saturated rings. The van der Waals surface area contributed by atoms with Crippen molar-refractivity contribution in [1.82, 2.24) is 14.8 Å². The van der Waals surface area contributed by atoms with Gasteiger partial charge in [-0.1, -0.05) is 55.5 Å². The minimum atomic E-state index is -0.554. The van der Waals surface area contributed by atoms with Gasteiger partial charge in [-0.05, 0) is 24.5 Å². The molecule has 0 aliphatic carbocycles. The molecule has 6 nitrogen and oxygen atoms in total. The number of amides is 1. The van der Waals surface area contributed by atoms with E-state index in [1.54, 1.807) is 0 Å². The van der Waals surface area contributed by atoms with E-state index in [1.807, 2.05) is 62.4 Å². The zero-order valence-electron chi connectivity index (χ0n) is 14.8. The fraction of sp³-hybridized carbons (Fsp3) is 0.200. The normalized spacial score (nSPS) is 10.5. The number of carbonyl (C=O) groups is 1. The third-order valence-electron chi connectivity index (χ3n) is 4.12. The number of anilines is 1. The van der Waals surface area contributed by atoms with E-state index in [1.165, 1.54) is 6.20 Å². The molecule has 26 heavy (non-hydrogen) atoms. The van der Waals surface area contributed by atoms with Crippen LogP contribution in [0.1, 0.15) is 18.1 Å². The molecule has 0 saturated heterocycles. The molecule has 3 aromatic rings. The first-order chi connectivity index (χ1) is 12.6. The first kappa shape index (κ1) is 17.5. The van der Waals surface area contributed by atoms with Crippen molar-refractivity contribution in [3.05, 3.63) is 76.3 Å². The number of hydrogen-bond donors (Lipinski definition) is 1. The largest absolute Gasteiger partial charge is 0.365 e. The van der Waals surface area contributed by atoms with E-state index in [9.17, 15) is 9.59 Å². The average Bonchev–Trinajstić information content (AvgIpc) is 2.65. The van der Waals surface area contributed by atoms with Gasteiger partial charge in [-0.25, -0.2) is 9.48 Å². The van der Waals surface area contributed by atoms with Crippen LogP contribution >= 0.6 is 0 Å². The first-order valence-electron chi connectivity index (χ1n) is 8.46. The van der Waals surface area contributed by atoms with Gasteiger partial charge in [0, 0.05) is 11.3 Å². The van der Waals surface area contributed by atoms with Crippen molar-refractivity contribution in [1.29, 1.82) is 0 Å². The van der Waals surface area contributed by atoms with Crippen LogP contribution in [-0.4, -0.2) is 20.7 Å². The number of para-hydroxylation sites is 1. The Bertz CT molecular complexity index is 981. The van der Waals surface area contributed by atoms with Gasteiger partial charge < -0.3 is 5.32 Å². The monoisotopic (exact) mass is 348 g/mol. The van der Waals surface area contributed by atoms with Crippen LogP contribution in [0.4, 0.5) is 5.69 Å². The Morgan fingerprint density at radius 3 is 2.58 bits per heavy atom. The summed E-state index contributed by atoms with van der Waals surface area (Å²) in [4.78, 5) is 28.6. The molecule has 132 valence electrons. The lowest BCUT2D eigenvalue weighted by atomic mass is 10.1. The zero-order chi connectivity index (χ0) is 18.5. The summed E-state index contributed by atoms with van der Waals surface area (Å²) in [5.74, 6) is -0.308. The van der Waals surface area contributed by atoms with E-state index in [4.69, 9.17) is 0 Å². The molecule has 2 aromatic carbocycles. The fourth-order valence-corrected chi connectivity index (χ4v) is 2.74. The number of nitrogens with zero attached hydrogens (tertiary/aromatic N) is 3. The lowest BCUT2D eigenvalue weighted by Gasteiger charge is -2.13. The van der Waals surface area contributed by atoms with E-state index in [0.717, 1.165) is 33.5 Å². The quantitative estimate of drug-likeness (QED) is 0.769. The van der Waals surface area contributed by atoms with Gasteiger partial charge >= 0.3 is 5.69 Å². The third-order valence-corrected chi connectivity index (χ3v) is 4.12. The minimum Gasteiger partial charge on any atom is -0.324 e. The van der Waals surface area contributed by atoms with Crippen LogP contribution in [0.25, 0.3) is 11.3 Å². The summed E-state index contributed by atoms with van der Waals surface area (Å²) in [6.07, 6.45) is 2.30. The zero-order valence-corrected chi connectivity index (χ0v) is 14.8. The Morgan fingerprint density at radius 2 is 1.88 bits per heavy atom. The standard InChI is InChI=1S/C20H20N4O2/c1-3-15-11-7-8-14(2)19(15)23-18(25)13-24-20(26)22-17(12-21-24)16-9-5-4-6-10-16/h4-12H,3,13H2,1-2H3,(H,23,25). The number of carbonyl (C=O) groups excluding carboxylic acids is 1. The number of aromatic nitrogens is 3. The summed E-state index contributed by atoms with van der Waals surface area (Å²) in [6.45, 7) is 3.79. The third kappa shape index (κ3) is 3.85. The molecule has 1 heterocycles. The number of nitrogens with one attached hydrogen (secondary N) is 1. The molecule has 0 bridgehead atoms. The number of hydrogen-bond acceptors (Lipinski definition) is 4. The summed E-state index contributed by atoms with van der Waals surface area (Å²) in [6, 6.07) is 15.2. The Labute approximate surface area is 151 Å². The molecule has 0 radical (unpaired) electrons. The van der Waals surface area contributed by atoms with Crippen LogP contribution in [0.2, 0.25) is 0 Å². The second-order valence-electron chi connectivity index (χ2n) is 5.96. The molecule has 1 amide bonds. The molecule has 3 rings (SSSR count). The molecule has 0 spiro atoms. The van der Waals surface area contributed by atoms with Gasteiger partial charge in [0.15, 0.2) is 0 Å². The van der Waals surface area contributed by atoms with Crippen LogP contribution in [0, 0.1) is 6.92 Å². The smallest absolute Gasteiger partial charge is 0.324 e. The maximum Gasteiger partial charge on any atom is 0.365 e. The highest BCUT2D eigenvalue weighted by Gasteiger charge is 2.11. The molecule has 0 saturated carbocycles. The molecule has 0 aliphatic heterocycles. The Morgan fingerprint density at radius 1 is 1.12 bits per heavy atom. The predicted molar refractivity (Wildman–Crippen MR) is 101 cm³/mol. The Kier molecular flexibility index (Phi) is 5.22. The molecule has 1 N–H and O–H groups in total. The van der Waals surface area contributed by atoms with E-state index in [0.29, 0.717) is 5.69 Å². The van der Waals surface area contributed by atoms with Crippen molar-refractivity contribution in [3.63, 3.8) is 0 Å². The van der Waals surface area contributed by atoms with Gasteiger partial charge in [-0.15, -0.1) is 0 Å². The first-order valence-corrected chi connectivity index (χ1v) is 8.46. The maximum atomic E-state index is 12.4.